The lowest BCUT2D eigenvalue weighted by Gasteiger charge is -2.28. The van der Waals surface area contributed by atoms with Crippen LogP contribution in [0.5, 0.6) is 5.75 Å². The highest BCUT2D eigenvalue weighted by atomic mass is 31.2. The second-order valence-electron chi connectivity index (χ2n) is 9.52. The predicted molar refractivity (Wildman–Crippen MR) is 131 cm³/mol. The van der Waals surface area contributed by atoms with Crippen LogP contribution < -0.4 is 20.9 Å². The van der Waals surface area contributed by atoms with E-state index in [0.717, 1.165) is 36.1 Å². The minimum absolute atomic E-state index is 0.157. The van der Waals surface area contributed by atoms with E-state index in [2.05, 4.69) is 10.1 Å². The van der Waals surface area contributed by atoms with Gasteiger partial charge in [-0.2, -0.15) is 5.09 Å². The summed E-state index contributed by atoms with van der Waals surface area (Å²) in [6, 6.07) is 8.32. The second kappa shape index (κ2) is 10.9. The largest absolute Gasteiger partial charge is 0.461 e. The smallest absolute Gasteiger partial charge is 0.459 e. The number of hydrogen-bond acceptors (Lipinski definition) is 8. The molecular weight excluding hydrogens is 508 g/mol. The molecule has 202 valence electrons. The Balaban J connectivity index is 1.49. The van der Waals surface area contributed by atoms with Gasteiger partial charge in [0.1, 0.15) is 17.9 Å². The zero-order chi connectivity index (χ0) is 26.8. The van der Waals surface area contributed by atoms with Gasteiger partial charge in [0.25, 0.3) is 5.56 Å². The van der Waals surface area contributed by atoms with E-state index in [0.29, 0.717) is 0 Å². The van der Waals surface area contributed by atoms with E-state index >= 15 is 4.39 Å². The molecule has 0 amide bonds. The van der Waals surface area contributed by atoms with Gasteiger partial charge in [0.15, 0.2) is 11.9 Å². The van der Waals surface area contributed by atoms with Gasteiger partial charge in [0.2, 0.25) is 0 Å². The van der Waals surface area contributed by atoms with Crippen LogP contribution in [0.2, 0.25) is 0 Å². The minimum Gasteiger partial charge on any atom is -0.461 e. The van der Waals surface area contributed by atoms with Gasteiger partial charge in [-0.15, -0.1) is 0 Å². The first kappa shape index (κ1) is 27.3. The van der Waals surface area contributed by atoms with Crippen molar-refractivity contribution in [2.45, 2.75) is 70.2 Å². The molecule has 2 N–H and O–H groups in total. The molecule has 2 heterocycles. The number of halogens is 1. The highest BCUT2D eigenvalue weighted by molar-refractivity contribution is 7.52. The summed E-state index contributed by atoms with van der Waals surface area (Å²) in [5, 5.41) is 2.61. The third-order valence-electron chi connectivity index (χ3n) is 6.76. The Morgan fingerprint density at radius 3 is 2.62 bits per heavy atom. The predicted octanol–water partition coefficient (Wildman–Crippen LogP) is 3.08. The van der Waals surface area contributed by atoms with Crippen molar-refractivity contribution >= 4 is 13.7 Å². The standard InChI is InChI=1S/C24H31FN3O8P/c1-15-19(35-22(24(15,3)25)28-13-12-20(29)26-23(28)31)14-33-37(32,36-18-8-5-4-6-9-18)27-16(2)21(30)34-17-10-7-11-17/h4-6,8-9,12-13,15-17,19,22H,7,10-11,14H2,1-3H3,(H,27,32)(H,26,29,31)/t15-,16+,19-,22-,24-,37-/m1/s1. The molecule has 1 aromatic heterocycles. The van der Waals surface area contributed by atoms with Crippen molar-refractivity contribution in [3.8, 4) is 5.75 Å². The normalized spacial score (nSPS) is 28.2. The van der Waals surface area contributed by atoms with Crippen LogP contribution >= 0.6 is 7.75 Å². The highest BCUT2D eigenvalue weighted by Crippen LogP contribution is 2.49. The molecule has 1 aliphatic carbocycles. The molecule has 37 heavy (non-hydrogen) atoms. The topological polar surface area (TPSA) is 138 Å². The third kappa shape index (κ3) is 6.20. The monoisotopic (exact) mass is 539 g/mol. The number of hydrogen-bond donors (Lipinski definition) is 2. The number of carbonyl (C=O) groups excluding carboxylic acids is 1. The molecule has 2 fully saturated rings. The minimum atomic E-state index is -4.18. The zero-order valence-corrected chi connectivity index (χ0v) is 21.7. The second-order valence-corrected chi connectivity index (χ2v) is 11.2. The van der Waals surface area contributed by atoms with Gasteiger partial charge in [-0.25, -0.2) is 13.8 Å². The van der Waals surface area contributed by atoms with Gasteiger partial charge in [0, 0.05) is 18.2 Å². The van der Waals surface area contributed by atoms with Crippen molar-refractivity contribution in [2.24, 2.45) is 5.92 Å². The summed E-state index contributed by atoms with van der Waals surface area (Å²) < 4.78 is 52.9. The van der Waals surface area contributed by atoms with Gasteiger partial charge in [-0.3, -0.25) is 23.7 Å². The first-order valence-electron chi connectivity index (χ1n) is 12.1. The molecule has 2 aliphatic rings. The van der Waals surface area contributed by atoms with Crippen molar-refractivity contribution in [3.63, 3.8) is 0 Å². The summed E-state index contributed by atoms with van der Waals surface area (Å²) >= 11 is 0. The summed E-state index contributed by atoms with van der Waals surface area (Å²) in [4.78, 5) is 38.2. The Morgan fingerprint density at radius 2 is 2.00 bits per heavy atom. The molecule has 1 aromatic carbocycles. The fraction of sp³-hybridized carbons (Fsp3) is 0.542. The maximum Gasteiger partial charge on any atom is 0.459 e. The number of H-pyrrole nitrogens is 1. The van der Waals surface area contributed by atoms with Gasteiger partial charge < -0.3 is 14.0 Å². The van der Waals surface area contributed by atoms with E-state index in [1.54, 1.807) is 37.3 Å². The van der Waals surface area contributed by atoms with Crippen LogP contribution in [0.3, 0.4) is 0 Å². The van der Waals surface area contributed by atoms with Crippen LogP contribution in [0.4, 0.5) is 4.39 Å². The fourth-order valence-corrected chi connectivity index (χ4v) is 5.57. The molecule has 0 radical (unpaired) electrons. The van der Waals surface area contributed by atoms with E-state index in [4.69, 9.17) is 18.5 Å². The maximum absolute atomic E-state index is 15.7. The van der Waals surface area contributed by atoms with Gasteiger partial charge >= 0.3 is 19.4 Å². The molecule has 6 atom stereocenters. The molecule has 2 aromatic rings. The number of para-hydroxylation sites is 1. The van der Waals surface area contributed by atoms with Gasteiger partial charge in [0.05, 0.1) is 12.7 Å². The Kier molecular flexibility index (Phi) is 8.03. The number of carbonyl (C=O) groups is 1. The summed E-state index contributed by atoms with van der Waals surface area (Å²) in [5.74, 6) is -1.17. The number of nitrogens with zero attached hydrogens (tertiary/aromatic N) is 1. The lowest BCUT2D eigenvalue weighted by atomic mass is 9.90. The van der Waals surface area contributed by atoms with Crippen molar-refractivity contribution in [1.29, 1.82) is 0 Å². The molecule has 4 rings (SSSR count). The fourth-order valence-electron chi connectivity index (χ4n) is 4.06. The van der Waals surface area contributed by atoms with E-state index in [1.165, 1.54) is 13.8 Å². The number of alkyl halides is 1. The number of aromatic nitrogens is 2. The molecule has 1 saturated carbocycles. The van der Waals surface area contributed by atoms with Crippen LogP contribution in [0, 0.1) is 5.92 Å². The molecular formula is C24H31FN3O8P. The molecule has 0 bridgehead atoms. The lowest BCUT2D eigenvalue weighted by Crippen LogP contribution is -2.40. The molecule has 11 nitrogen and oxygen atoms in total. The molecule has 0 spiro atoms. The first-order chi connectivity index (χ1) is 17.5. The van der Waals surface area contributed by atoms with E-state index in [-0.39, 0.29) is 18.5 Å². The summed E-state index contributed by atoms with van der Waals surface area (Å²) in [5.41, 5.74) is -3.48. The maximum atomic E-state index is 15.7. The number of esters is 1. The van der Waals surface area contributed by atoms with Crippen molar-refractivity contribution in [3.05, 3.63) is 63.4 Å². The average Bonchev–Trinajstić information content (AvgIpc) is 3.04. The van der Waals surface area contributed by atoms with Crippen molar-refractivity contribution < 1.29 is 32.3 Å². The first-order valence-corrected chi connectivity index (χ1v) is 13.7. The number of aromatic amines is 1. The lowest BCUT2D eigenvalue weighted by molar-refractivity contribution is -0.154. The molecule has 13 heteroatoms. The quantitative estimate of drug-likeness (QED) is 0.345. The number of benzene rings is 1. The average molecular weight is 539 g/mol. The van der Waals surface area contributed by atoms with Crippen LogP contribution in [0.25, 0.3) is 0 Å². The van der Waals surface area contributed by atoms with Crippen molar-refractivity contribution in [2.75, 3.05) is 6.61 Å². The molecule has 0 unspecified atom stereocenters. The summed E-state index contributed by atoms with van der Waals surface area (Å²) in [7, 11) is -4.18. The van der Waals surface area contributed by atoms with Gasteiger partial charge in [-0.05, 0) is 45.2 Å². The SMILES string of the molecule is C[C@H](N[P@@](=O)(OC[C@H]1O[C@@H](n2ccc(=O)[nH]c2=O)[C@](C)(F)[C@@H]1C)Oc1ccccc1)C(=O)OC1CCC1. The number of nitrogens with one attached hydrogen (secondary N) is 2. The van der Waals surface area contributed by atoms with Crippen molar-refractivity contribution in [1.82, 2.24) is 14.6 Å². The van der Waals surface area contributed by atoms with Crippen LogP contribution in [0.15, 0.2) is 52.2 Å². The number of ether oxygens (including phenoxy) is 2. The molecule has 1 saturated heterocycles. The van der Waals surface area contributed by atoms with Gasteiger partial charge in [-0.1, -0.05) is 25.1 Å². The Hall–Kier alpha value is -2.79. The van der Waals surface area contributed by atoms with E-state index in [1.807, 2.05) is 0 Å². The third-order valence-corrected chi connectivity index (χ3v) is 8.40. The van der Waals surface area contributed by atoms with Crippen LogP contribution in [0.1, 0.15) is 46.3 Å². The molecule has 1 aliphatic heterocycles. The Bertz CT molecular complexity index is 1260. The van der Waals surface area contributed by atoms with E-state index < -0.39 is 54.9 Å². The number of rotatable bonds is 10. The van der Waals surface area contributed by atoms with Crippen LogP contribution in [-0.4, -0.2) is 46.0 Å². The zero-order valence-electron chi connectivity index (χ0n) is 20.8. The summed E-state index contributed by atoms with van der Waals surface area (Å²) in [6.45, 7) is 3.95. The van der Waals surface area contributed by atoms with E-state index in [9.17, 15) is 18.9 Å². The van der Waals surface area contributed by atoms with Crippen LogP contribution in [-0.2, 0) is 23.4 Å². The highest BCUT2D eigenvalue weighted by Gasteiger charge is 2.54. The Morgan fingerprint density at radius 1 is 1.30 bits per heavy atom. The summed E-state index contributed by atoms with van der Waals surface area (Å²) in [6.07, 6.45) is 1.25. The Labute approximate surface area is 212 Å².